The molecule has 0 saturated heterocycles. The van der Waals surface area contributed by atoms with E-state index in [-0.39, 0.29) is 12.3 Å². The minimum atomic E-state index is -3.70. The molecular formula is C21H27N3O4S. The summed E-state index contributed by atoms with van der Waals surface area (Å²) in [6, 6.07) is 11.1. The van der Waals surface area contributed by atoms with Crippen molar-refractivity contribution in [1.29, 1.82) is 0 Å². The van der Waals surface area contributed by atoms with E-state index in [4.69, 9.17) is 0 Å². The number of aryl methyl sites for hydroxylation is 2. The average molecular weight is 418 g/mol. The lowest BCUT2D eigenvalue weighted by molar-refractivity contribution is -0.117. The molecule has 0 radical (unpaired) electrons. The van der Waals surface area contributed by atoms with E-state index in [2.05, 4.69) is 10.6 Å². The predicted molar refractivity (Wildman–Crippen MR) is 117 cm³/mol. The van der Waals surface area contributed by atoms with Crippen LogP contribution in [0.1, 0.15) is 31.4 Å². The second-order valence-corrected chi connectivity index (χ2v) is 8.86. The molecule has 29 heavy (non-hydrogen) atoms. The minimum absolute atomic E-state index is 0.224. The molecule has 8 heteroatoms. The second-order valence-electron chi connectivity index (χ2n) is 7.00. The number of carbonyl (C=O) groups is 2. The van der Waals surface area contributed by atoms with E-state index in [9.17, 15) is 18.0 Å². The molecule has 2 aromatic carbocycles. The zero-order valence-corrected chi connectivity index (χ0v) is 18.1. The molecule has 0 aliphatic carbocycles. The molecule has 2 N–H and O–H groups in total. The molecule has 0 spiro atoms. The molecule has 2 rings (SSSR count). The smallest absolute Gasteiger partial charge is 0.248 e. The molecule has 2 aromatic rings. The van der Waals surface area contributed by atoms with Gasteiger partial charge >= 0.3 is 0 Å². The van der Waals surface area contributed by atoms with Crippen LogP contribution in [0, 0.1) is 13.8 Å². The quantitative estimate of drug-likeness (QED) is 0.721. The Morgan fingerprint density at radius 3 is 2.14 bits per heavy atom. The number of nitrogens with one attached hydrogen (secondary N) is 2. The molecule has 0 heterocycles. The monoisotopic (exact) mass is 417 g/mol. The van der Waals surface area contributed by atoms with Crippen molar-refractivity contribution in [2.45, 2.75) is 40.2 Å². The van der Waals surface area contributed by atoms with Crippen LogP contribution in [-0.2, 0) is 19.6 Å². The first-order valence-electron chi connectivity index (χ1n) is 9.28. The van der Waals surface area contributed by atoms with Crippen molar-refractivity contribution in [3.63, 3.8) is 0 Å². The maximum absolute atomic E-state index is 13.0. The fourth-order valence-corrected chi connectivity index (χ4v) is 4.23. The van der Waals surface area contributed by atoms with Crippen molar-refractivity contribution in [2.75, 3.05) is 21.2 Å². The Hall–Kier alpha value is -2.87. The fraction of sp³-hybridized carbons (Fsp3) is 0.333. The highest BCUT2D eigenvalue weighted by Gasteiger charge is 2.31. The number of rotatable bonds is 7. The molecule has 0 aliphatic rings. The maximum atomic E-state index is 13.0. The molecule has 1 atom stereocenters. The van der Waals surface area contributed by atoms with Gasteiger partial charge in [-0.05, 0) is 61.7 Å². The number of benzene rings is 2. The molecule has 0 bridgehead atoms. The summed E-state index contributed by atoms with van der Waals surface area (Å²) in [4.78, 5) is 24.2. The van der Waals surface area contributed by atoms with E-state index in [0.29, 0.717) is 17.1 Å². The lowest BCUT2D eigenvalue weighted by Gasteiger charge is -2.30. The van der Waals surface area contributed by atoms with Gasteiger partial charge in [0.05, 0.1) is 11.9 Å². The van der Waals surface area contributed by atoms with Crippen molar-refractivity contribution >= 4 is 38.9 Å². The Morgan fingerprint density at radius 2 is 1.62 bits per heavy atom. The van der Waals surface area contributed by atoms with Gasteiger partial charge in [0.1, 0.15) is 6.04 Å². The Morgan fingerprint density at radius 1 is 1.00 bits per heavy atom. The summed E-state index contributed by atoms with van der Waals surface area (Å²) < 4.78 is 26.3. The summed E-state index contributed by atoms with van der Waals surface area (Å²) in [5, 5.41) is 5.41. The SMILES string of the molecule is CC[C@@H](C(=O)Nc1cccc(NC(C)=O)c1)N(c1ccc(C)c(C)c1)S(C)(=O)=O. The van der Waals surface area contributed by atoms with Gasteiger partial charge < -0.3 is 10.6 Å². The largest absolute Gasteiger partial charge is 0.326 e. The fourth-order valence-electron chi connectivity index (χ4n) is 3.03. The number of hydrogen-bond acceptors (Lipinski definition) is 4. The van der Waals surface area contributed by atoms with Gasteiger partial charge in [-0.25, -0.2) is 8.42 Å². The highest BCUT2D eigenvalue weighted by molar-refractivity contribution is 7.92. The van der Waals surface area contributed by atoms with Crippen LogP contribution in [0.25, 0.3) is 0 Å². The van der Waals surface area contributed by atoms with Gasteiger partial charge in [-0.15, -0.1) is 0 Å². The molecule has 0 saturated carbocycles. The molecular weight excluding hydrogens is 390 g/mol. The number of sulfonamides is 1. The predicted octanol–water partition coefficient (Wildman–Crippen LogP) is 3.45. The third-order valence-electron chi connectivity index (χ3n) is 4.53. The molecule has 2 amide bonds. The van der Waals surface area contributed by atoms with Gasteiger partial charge in [0.25, 0.3) is 0 Å². The van der Waals surface area contributed by atoms with Crippen LogP contribution in [0.2, 0.25) is 0 Å². The summed E-state index contributed by atoms with van der Waals surface area (Å²) in [7, 11) is -3.70. The van der Waals surface area contributed by atoms with E-state index < -0.39 is 22.0 Å². The van der Waals surface area contributed by atoms with Gasteiger partial charge in [-0.3, -0.25) is 13.9 Å². The van der Waals surface area contributed by atoms with Gasteiger partial charge in [0.2, 0.25) is 21.8 Å². The number of carbonyl (C=O) groups excluding carboxylic acids is 2. The molecule has 156 valence electrons. The Bertz CT molecular complexity index is 1020. The summed E-state index contributed by atoms with van der Waals surface area (Å²) >= 11 is 0. The minimum Gasteiger partial charge on any atom is -0.326 e. The van der Waals surface area contributed by atoms with Gasteiger partial charge in [0.15, 0.2) is 0 Å². The van der Waals surface area contributed by atoms with E-state index in [1.54, 1.807) is 43.3 Å². The summed E-state index contributed by atoms with van der Waals surface area (Å²) in [6.45, 7) is 6.99. The van der Waals surface area contributed by atoms with Gasteiger partial charge in [-0.2, -0.15) is 0 Å². The number of hydrogen-bond donors (Lipinski definition) is 2. The van der Waals surface area contributed by atoms with Crippen molar-refractivity contribution in [3.05, 3.63) is 53.6 Å². The standard InChI is InChI=1S/C21H27N3O4S/c1-6-20(21(26)23-18-9-7-8-17(13-18)22-16(4)25)24(29(5,27)28)19-11-10-14(2)15(3)12-19/h7-13,20H,6H2,1-5H3,(H,22,25)(H,23,26)/t20-/m0/s1. The number of amides is 2. The van der Waals surface area contributed by atoms with Crippen LogP contribution in [0.4, 0.5) is 17.1 Å². The topological polar surface area (TPSA) is 95.6 Å². The highest BCUT2D eigenvalue weighted by Crippen LogP contribution is 2.26. The Labute approximate surface area is 172 Å². The molecule has 0 unspecified atom stereocenters. The number of nitrogens with zero attached hydrogens (tertiary/aromatic N) is 1. The summed E-state index contributed by atoms with van der Waals surface area (Å²) in [5.41, 5.74) is 3.43. The third kappa shape index (κ3) is 5.80. The van der Waals surface area contributed by atoms with Crippen molar-refractivity contribution in [1.82, 2.24) is 0 Å². The molecule has 7 nitrogen and oxygen atoms in total. The first-order valence-corrected chi connectivity index (χ1v) is 11.1. The average Bonchev–Trinajstić information content (AvgIpc) is 2.60. The summed E-state index contributed by atoms with van der Waals surface area (Å²) in [6.07, 6.45) is 1.38. The lowest BCUT2D eigenvalue weighted by atomic mass is 10.1. The molecule has 0 aromatic heterocycles. The normalized spacial score (nSPS) is 12.2. The van der Waals surface area contributed by atoms with E-state index >= 15 is 0 Å². The van der Waals surface area contributed by atoms with Crippen molar-refractivity contribution in [3.8, 4) is 0 Å². The molecule has 0 fully saturated rings. The van der Waals surface area contributed by atoms with Crippen molar-refractivity contribution in [2.24, 2.45) is 0 Å². The van der Waals surface area contributed by atoms with Crippen LogP contribution < -0.4 is 14.9 Å². The van der Waals surface area contributed by atoms with E-state index in [0.717, 1.165) is 21.7 Å². The van der Waals surface area contributed by atoms with Crippen LogP contribution in [0.3, 0.4) is 0 Å². The van der Waals surface area contributed by atoms with E-state index in [1.807, 2.05) is 19.9 Å². The zero-order chi connectivity index (χ0) is 21.8. The zero-order valence-electron chi connectivity index (χ0n) is 17.3. The number of anilines is 3. The van der Waals surface area contributed by atoms with Gasteiger partial charge in [-0.1, -0.05) is 19.1 Å². The summed E-state index contributed by atoms with van der Waals surface area (Å²) in [5.74, 6) is -0.672. The van der Waals surface area contributed by atoms with Crippen molar-refractivity contribution < 1.29 is 18.0 Å². The first-order chi connectivity index (χ1) is 13.5. The third-order valence-corrected chi connectivity index (χ3v) is 5.71. The Balaban J connectivity index is 2.36. The molecule has 0 aliphatic heterocycles. The van der Waals surface area contributed by atoms with Gasteiger partial charge in [0, 0.05) is 18.3 Å². The highest BCUT2D eigenvalue weighted by atomic mass is 32.2. The van der Waals surface area contributed by atoms with Crippen LogP contribution in [0.15, 0.2) is 42.5 Å². The van der Waals surface area contributed by atoms with Crippen LogP contribution >= 0.6 is 0 Å². The second kappa shape index (κ2) is 9.09. The maximum Gasteiger partial charge on any atom is 0.248 e. The van der Waals surface area contributed by atoms with Crippen LogP contribution in [0.5, 0.6) is 0 Å². The Kier molecular flexibility index (Phi) is 7.02. The van der Waals surface area contributed by atoms with Crippen LogP contribution in [-0.4, -0.2) is 32.5 Å². The first kappa shape index (κ1) is 22.4. The van der Waals surface area contributed by atoms with E-state index in [1.165, 1.54) is 6.92 Å². The lowest BCUT2D eigenvalue weighted by Crippen LogP contribution is -2.47.